The van der Waals surface area contributed by atoms with Crippen LogP contribution in [0.5, 0.6) is 11.5 Å². The molecule has 3 aromatic rings. The van der Waals surface area contributed by atoms with Gasteiger partial charge in [-0.15, -0.1) is 11.3 Å². The fourth-order valence-corrected chi connectivity index (χ4v) is 6.58. The lowest BCUT2D eigenvalue weighted by Gasteiger charge is -2.35. The van der Waals surface area contributed by atoms with Crippen LogP contribution in [0.4, 0.5) is 0 Å². The summed E-state index contributed by atoms with van der Waals surface area (Å²) in [5, 5.41) is 16.4. The minimum absolute atomic E-state index is 0.00136. The van der Waals surface area contributed by atoms with E-state index in [9.17, 15) is 19.5 Å². The maximum Gasteiger partial charge on any atom is 0.258 e. The number of rotatable bonds is 14. The van der Waals surface area contributed by atoms with Crippen LogP contribution in [0.1, 0.15) is 84.5 Å². The zero-order chi connectivity index (χ0) is 35.0. The predicted molar refractivity (Wildman–Crippen MR) is 188 cm³/mol. The second-order valence-electron chi connectivity index (χ2n) is 13.7. The van der Waals surface area contributed by atoms with Gasteiger partial charge in [-0.3, -0.25) is 14.4 Å². The van der Waals surface area contributed by atoms with Crippen LogP contribution in [-0.2, 0) is 14.4 Å². The molecule has 1 aromatic heterocycles. The van der Waals surface area contributed by atoms with Crippen LogP contribution in [0.3, 0.4) is 0 Å². The number of likely N-dealkylation sites (tertiary alicyclic amines) is 1. The predicted octanol–water partition coefficient (Wildman–Crippen LogP) is 5.82. The number of carbonyl (C=O) groups excluding carboxylic acids is 3. The van der Waals surface area contributed by atoms with Crippen LogP contribution in [0, 0.1) is 12.3 Å². The second-order valence-corrected chi connectivity index (χ2v) is 14.6. The number of β-amino-alcohol motifs (C(OH)–C–C–N with tert-alkyl or cyclic N) is 1. The quantitative estimate of drug-likeness (QED) is 0.196. The number of carbonyl (C=O) groups is 3. The minimum atomic E-state index is -0.949. The number of benzene rings is 2. The Balaban J connectivity index is 1.35. The van der Waals surface area contributed by atoms with Gasteiger partial charge in [0.1, 0.15) is 23.6 Å². The summed E-state index contributed by atoms with van der Waals surface area (Å²) in [5.41, 5.74) is 4.08. The van der Waals surface area contributed by atoms with Crippen molar-refractivity contribution < 1.29 is 29.0 Å². The van der Waals surface area contributed by atoms with Crippen molar-refractivity contribution in [3.05, 3.63) is 65.3 Å². The molecule has 2 heterocycles. The van der Waals surface area contributed by atoms with Gasteiger partial charge >= 0.3 is 0 Å². The van der Waals surface area contributed by atoms with E-state index in [1.807, 2.05) is 71.3 Å². The van der Waals surface area contributed by atoms with E-state index in [4.69, 9.17) is 9.47 Å². The number of hydrogen-bond acceptors (Lipinski definition) is 8. The molecule has 4 rings (SSSR count). The molecule has 1 aliphatic rings. The first-order valence-corrected chi connectivity index (χ1v) is 17.6. The lowest BCUT2D eigenvalue weighted by molar-refractivity contribution is -0.144. The maximum atomic E-state index is 13.9. The lowest BCUT2D eigenvalue weighted by Crippen LogP contribution is -2.58. The number of aromatic nitrogens is 1. The Morgan fingerprint density at radius 2 is 1.71 bits per heavy atom. The molecule has 1 saturated heterocycles. The summed E-state index contributed by atoms with van der Waals surface area (Å²) in [6.07, 6.45) is 2.56. The summed E-state index contributed by atoms with van der Waals surface area (Å²) in [5.74, 6) is -0.0239. The van der Waals surface area contributed by atoms with Crippen molar-refractivity contribution >= 4 is 29.1 Å². The van der Waals surface area contributed by atoms with E-state index in [1.165, 1.54) is 4.90 Å². The molecule has 0 spiro atoms. The number of nitrogens with zero attached hydrogens (tertiary/aromatic N) is 2. The van der Waals surface area contributed by atoms with E-state index in [2.05, 4.69) is 22.5 Å². The molecule has 260 valence electrons. The van der Waals surface area contributed by atoms with Gasteiger partial charge < -0.3 is 30.1 Å². The Morgan fingerprint density at radius 1 is 1.04 bits per heavy atom. The second kappa shape index (κ2) is 16.4. The molecule has 48 heavy (non-hydrogen) atoms. The molecule has 0 bridgehead atoms. The first-order chi connectivity index (χ1) is 22.8. The van der Waals surface area contributed by atoms with Crippen molar-refractivity contribution in [2.45, 2.75) is 104 Å². The van der Waals surface area contributed by atoms with Crippen molar-refractivity contribution in [2.75, 3.05) is 13.2 Å². The van der Waals surface area contributed by atoms with Gasteiger partial charge in [-0.05, 0) is 68.0 Å². The number of nitrogens with one attached hydrogen (secondary N) is 2. The van der Waals surface area contributed by atoms with E-state index < -0.39 is 35.4 Å². The van der Waals surface area contributed by atoms with Gasteiger partial charge in [-0.2, -0.15) is 0 Å². The normalized spacial score (nSPS) is 18.1. The third kappa shape index (κ3) is 9.79. The molecule has 3 amide bonds. The highest BCUT2D eigenvalue weighted by Crippen LogP contribution is 2.30. The smallest absolute Gasteiger partial charge is 0.258 e. The number of thiazole rings is 1. The summed E-state index contributed by atoms with van der Waals surface area (Å²) in [4.78, 5) is 47.3. The van der Waals surface area contributed by atoms with Gasteiger partial charge in [0.05, 0.1) is 34.3 Å². The van der Waals surface area contributed by atoms with Crippen LogP contribution >= 0.6 is 11.3 Å². The first-order valence-electron chi connectivity index (χ1n) is 16.7. The summed E-state index contributed by atoms with van der Waals surface area (Å²) in [7, 11) is 0. The van der Waals surface area contributed by atoms with Crippen LogP contribution in [0.25, 0.3) is 10.4 Å². The molecule has 3 N–H and O–H groups in total. The van der Waals surface area contributed by atoms with Crippen molar-refractivity contribution in [3.63, 3.8) is 0 Å². The number of hydrogen-bond donors (Lipinski definition) is 3. The Morgan fingerprint density at radius 3 is 2.31 bits per heavy atom. The molecule has 0 saturated carbocycles. The van der Waals surface area contributed by atoms with Crippen LogP contribution in [0.15, 0.2) is 54.0 Å². The van der Waals surface area contributed by atoms with E-state index in [1.54, 1.807) is 35.6 Å². The number of aliphatic hydroxyl groups is 1. The van der Waals surface area contributed by atoms with E-state index in [-0.39, 0.29) is 37.6 Å². The molecule has 2 aromatic carbocycles. The third-order valence-corrected chi connectivity index (χ3v) is 9.53. The highest BCUT2D eigenvalue weighted by Gasteiger charge is 2.44. The van der Waals surface area contributed by atoms with Crippen molar-refractivity contribution in [1.82, 2.24) is 20.5 Å². The zero-order valence-corrected chi connectivity index (χ0v) is 29.9. The largest absolute Gasteiger partial charge is 0.491 e. The molecular formula is C37H50N4O6S. The average Bonchev–Trinajstić information content (AvgIpc) is 3.66. The van der Waals surface area contributed by atoms with Gasteiger partial charge in [0.15, 0.2) is 6.61 Å². The van der Waals surface area contributed by atoms with Crippen molar-refractivity contribution in [1.29, 1.82) is 0 Å². The highest BCUT2D eigenvalue weighted by atomic mass is 32.1. The van der Waals surface area contributed by atoms with Gasteiger partial charge in [0.2, 0.25) is 11.8 Å². The number of unbranched alkanes of at least 4 members (excludes halogenated alkanes) is 1. The van der Waals surface area contributed by atoms with Crippen LogP contribution in [-0.4, -0.2) is 70.2 Å². The van der Waals surface area contributed by atoms with Gasteiger partial charge in [-0.1, -0.05) is 64.8 Å². The Labute approximate surface area is 288 Å². The monoisotopic (exact) mass is 678 g/mol. The average molecular weight is 679 g/mol. The lowest BCUT2D eigenvalue weighted by atomic mass is 9.85. The standard InChI is InChI=1S/C37H50N4O6S/c1-8-9-10-23(2)47-30-17-15-29(16-18-30)46-21-32(43)40-34(37(5,6)7)36(45)41-20-28(42)19-31(41)35(44)39-24(3)26-11-13-27(14-12-26)33-25(4)38-22-48-33/h11-18,22-24,28,31,34,42H,8-10,19-21H2,1-7H3,(H,39,44)(H,40,43)/t23?,24-,28+,31?,34+/m0/s1. The number of aryl methyl sites for hydroxylation is 1. The molecule has 2 unspecified atom stereocenters. The summed E-state index contributed by atoms with van der Waals surface area (Å²) >= 11 is 1.58. The van der Waals surface area contributed by atoms with E-state index in [0.29, 0.717) is 5.75 Å². The summed E-state index contributed by atoms with van der Waals surface area (Å²) < 4.78 is 11.6. The fourth-order valence-electron chi connectivity index (χ4n) is 5.76. The van der Waals surface area contributed by atoms with Gasteiger partial charge in [0.25, 0.3) is 5.91 Å². The first kappa shape index (κ1) is 36.9. The number of aliphatic hydroxyl groups excluding tert-OH is 1. The van der Waals surface area contributed by atoms with Crippen molar-refractivity contribution in [3.8, 4) is 21.9 Å². The highest BCUT2D eigenvalue weighted by molar-refractivity contribution is 7.13. The third-order valence-electron chi connectivity index (χ3n) is 8.56. The fraction of sp³-hybridized carbons (Fsp3) is 0.514. The number of amides is 3. The molecule has 1 aliphatic heterocycles. The van der Waals surface area contributed by atoms with E-state index in [0.717, 1.165) is 46.7 Å². The van der Waals surface area contributed by atoms with Crippen LogP contribution < -0.4 is 20.1 Å². The van der Waals surface area contributed by atoms with Crippen molar-refractivity contribution in [2.24, 2.45) is 5.41 Å². The van der Waals surface area contributed by atoms with E-state index >= 15 is 0 Å². The zero-order valence-electron chi connectivity index (χ0n) is 29.1. The Hall–Kier alpha value is -3.96. The molecule has 10 nitrogen and oxygen atoms in total. The van der Waals surface area contributed by atoms with Gasteiger partial charge in [0, 0.05) is 13.0 Å². The number of ether oxygens (including phenoxy) is 2. The topological polar surface area (TPSA) is 130 Å². The molecule has 0 radical (unpaired) electrons. The van der Waals surface area contributed by atoms with Crippen LogP contribution in [0.2, 0.25) is 0 Å². The minimum Gasteiger partial charge on any atom is -0.491 e. The molecule has 1 fully saturated rings. The molecule has 0 aliphatic carbocycles. The molecular weight excluding hydrogens is 628 g/mol. The molecule has 11 heteroatoms. The Bertz CT molecular complexity index is 1520. The maximum absolute atomic E-state index is 13.9. The molecule has 5 atom stereocenters. The SMILES string of the molecule is CCCCC(C)Oc1ccc(OCC(=O)N[C@H](C(=O)N2C[C@H](O)CC2C(=O)N[C@@H](C)c2ccc(-c3scnc3C)cc2)C(C)(C)C)cc1. The summed E-state index contributed by atoms with van der Waals surface area (Å²) in [6.45, 7) is 13.3. The Kier molecular flexibility index (Phi) is 12.6. The summed E-state index contributed by atoms with van der Waals surface area (Å²) in [6, 6.07) is 12.9. The van der Waals surface area contributed by atoms with Gasteiger partial charge in [-0.25, -0.2) is 4.98 Å².